The summed E-state index contributed by atoms with van der Waals surface area (Å²) in [6.45, 7) is 2.33. The quantitative estimate of drug-likeness (QED) is 0.879. The van der Waals surface area contributed by atoms with E-state index in [0.29, 0.717) is 12.1 Å². The molecule has 3 heterocycles. The number of amides is 1. The summed E-state index contributed by atoms with van der Waals surface area (Å²) in [5.41, 5.74) is 4.21. The summed E-state index contributed by atoms with van der Waals surface area (Å²) in [7, 11) is 1.79. The van der Waals surface area contributed by atoms with Crippen molar-refractivity contribution in [3.63, 3.8) is 0 Å². The van der Waals surface area contributed by atoms with Crippen molar-refractivity contribution >= 4 is 30.7 Å². The molecule has 0 saturated heterocycles. The second-order valence-electron chi connectivity index (χ2n) is 4.95. The van der Waals surface area contributed by atoms with Gasteiger partial charge in [-0.3, -0.25) is 14.5 Å². The molecule has 120 valence electrons. The lowest BCUT2D eigenvalue weighted by Crippen LogP contribution is -2.28. The zero-order chi connectivity index (χ0) is 13.9. The fourth-order valence-electron chi connectivity index (χ4n) is 2.46. The van der Waals surface area contributed by atoms with Crippen molar-refractivity contribution in [1.29, 1.82) is 0 Å². The number of halogens is 2. The number of fused-ring (bicyclic) bond motifs is 1. The molecule has 0 aromatic carbocycles. The molecule has 2 N–H and O–H groups in total. The van der Waals surface area contributed by atoms with Gasteiger partial charge in [-0.15, -0.1) is 24.8 Å². The first-order valence-corrected chi connectivity index (χ1v) is 6.66. The first-order valence-electron chi connectivity index (χ1n) is 6.66. The van der Waals surface area contributed by atoms with Crippen molar-refractivity contribution in [2.75, 3.05) is 6.54 Å². The normalized spacial score (nSPS) is 12.6. The van der Waals surface area contributed by atoms with Gasteiger partial charge in [0.05, 0.1) is 11.8 Å². The van der Waals surface area contributed by atoms with E-state index in [0.717, 1.165) is 25.1 Å². The lowest BCUT2D eigenvalue weighted by Gasteiger charge is -2.19. The molecule has 2 aromatic heterocycles. The predicted octanol–water partition coefficient (Wildman–Crippen LogP) is 1.23. The van der Waals surface area contributed by atoms with Gasteiger partial charge in [0.2, 0.25) is 0 Å². The maximum Gasteiger partial charge on any atom is 0.254 e. The van der Waals surface area contributed by atoms with Crippen molar-refractivity contribution in [3.8, 4) is 0 Å². The summed E-state index contributed by atoms with van der Waals surface area (Å²) in [5, 5.41) is 10.2. The van der Waals surface area contributed by atoms with E-state index in [-0.39, 0.29) is 30.7 Å². The van der Waals surface area contributed by atoms with E-state index in [9.17, 15) is 4.79 Å². The molecule has 0 fully saturated rings. The minimum Gasteiger partial charge on any atom is -0.348 e. The highest BCUT2D eigenvalue weighted by molar-refractivity contribution is 5.93. The third kappa shape index (κ3) is 3.97. The number of nitrogens with zero attached hydrogens (tertiary/aromatic N) is 3. The molecule has 0 unspecified atom stereocenters. The Bertz CT molecular complexity index is 644. The van der Waals surface area contributed by atoms with E-state index in [1.165, 1.54) is 11.1 Å². The third-order valence-corrected chi connectivity index (χ3v) is 3.51. The number of hydrogen-bond acceptors (Lipinski definition) is 4. The van der Waals surface area contributed by atoms with Crippen molar-refractivity contribution in [2.24, 2.45) is 7.05 Å². The van der Waals surface area contributed by atoms with Gasteiger partial charge in [0.15, 0.2) is 0 Å². The van der Waals surface area contributed by atoms with Crippen LogP contribution in [-0.2, 0) is 26.6 Å². The molecule has 0 spiro atoms. The van der Waals surface area contributed by atoms with E-state index in [1.54, 1.807) is 24.1 Å². The average Bonchev–Trinajstić information content (AvgIpc) is 2.91. The summed E-state index contributed by atoms with van der Waals surface area (Å²) >= 11 is 0. The van der Waals surface area contributed by atoms with E-state index in [4.69, 9.17) is 0 Å². The molecule has 0 aliphatic carbocycles. The van der Waals surface area contributed by atoms with Crippen LogP contribution in [0, 0.1) is 0 Å². The van der Waals surface area contributed by atoms with E-state index >= 15 is 0 Å². The van der Waals surface area contributed by atoms with Crippen LogP contribution < -0.4 is 10.6 Å². The Morgan fingerprint density at radius 1 is 1.36 bits per heavy atom. The van der Waals surface area contributed by atoms with Gasteiger partial charge in [-0.1, -0.05) is 0 Å². The zero-order valence-corrected chi connectivity index (χ0v) is 13.8. The van der Waals surface area contributed by atoms with Crippen LogP contribution in [0.1, 0.15) is 27.0 Å². The third-order valence-electron chi connectivity index (χ3n) is 3.51. The molecular formula is C14H19Cl2N5O. The Balaban J connectivity index is 0.00000121. The first-order chi connectivity index (χ1) is 9.74. The van der Waals surface area contributed by atoms with Gasteiger partial charge in [0, 0.05) is 38.7 Å². The number of rotatable bonds is 3. The maximum atomic E-state index is 12.0. The highest BCUT2D eigenvalue weighted by Gasteiger charge is 2.14. The SMILES string of the molecule is Cl.Cl.Cn1cc(C(=O)NCc2cncc3c2CCNC3)cn1. The molecule has 1 aliphatic rings. The number of aryl methyl sites for hydroxylation is 1. The van der Waals surface area contributed by atoms with Gasteiger partial charge in [-0.05, 0) is 29.7 Å². The average molecular weight is 344 g/mol. The van der Waals surface area contributed by atoms with Crippen LogP contribution in [0.25, 0.3) is 0 Å². The minimum absolute atomic E-state index is 0. The summed E-state index contributed by atoms with van der Waals surface area (Å²) < 4.78 is 1.62. The van der Waals surface area contributed by atoms with Crippen LogP contribution in [0.2, 0.25) is 0 Å². The molecule has 1 amide bonds. The van der Waals surface area contributed by atoms with Crippen LogP contribution in [0.5, 0.6) is 0 Å². The van der Waals surface area contributed by atoms with Crippen LogP contribution in [0.15, 0.2) is 24.8 Å². The highest BCUT2D eigenvalue weighted by Crippen LogP contribution is 2.17. The molecule has 22 heavy (non-hydrogen) atoms. The molecule has 8 heteroatoms. The Hall–Kier alpha value is -1.63. The van der Waals surface area contributed by atoms with E-state index in [2.05, 4.69) is 20.7 Å². The van der Waals surface area contributed by atoms with Gasteiger partial charge in [0.25, 0.3) is 5.91 Å². The fraction of sp³-hybridized carbons (Fsp3) is 0.357. The Kier molecular flexibility index (Phi) is 6.80. The lowest BCUT2D eigenvalue weighted by atomic mass is 9.98. The Morgan fingerprint density at radius 2 is 2.18 bits per heavy atom. The number of carbonyl (C=O) groups excluding carboxylic acids is 1. The number of carbonyl (C=O) groups is 1. The topological polar surface area (TPSA) is 71.8 Å². The van der Waals surface area contributed by atoms with Crippen LogP contribution in [0.3, 0.4) is 0 Å². The maximum absolute atomic E-state index is 12.0. The van der Waals surface area contributed by atoms with Crippen LogP contribution in [0.4, 0.5) is 0 Å². The van der Waals surface area contributed by atoms with E-state index in [1.807, 2.05) is 12.4 Å². The second kappa shape index (κ2) is 8.12. The molecule has 2 aromatic rings. The van der Waals surface area contributed by atoms with Crippen molar-refractivity contribution in [3.05, 3.63) is 47.0 Å². The van der Waals surface area contributed by atoms with Crippen molar-refractivity contribution in [1.82, 2.24) is 25.4 Å². The molecule has 0 atom stereocenters. The number of pyridine rings is 1. The Morgan fingerprint density at radius 3 is 2.91 bits per heavy atom. The van der Waals surface area contributed by atoms with E-state index < -0.39 is 0 Å². The second-order valence-corrected chi connectivity index (χ2v) is 4.95. The monoisotopic (exact) mass is 343 g/mol. The molecule has 6 nitrogen and oxygen atoms in total. The molecule has 1 aliphatic heterocycles. The summed E-state index contributed by atoms with van der Waals surface area (Å²) in [6, 6.07) is 0. The number of hydrogen-bond donors (Lipinski definition) is 2. The summed E-state index contributed by atoms with van der Waals surface area (Å²) in [4.78, 5) is 16.2. The van der Waals surface area contributed by atoms with Crippen LogP contribution in [-0.4, -0.2) is 27.2 Å². The fourth-order valence-corrected chi connectivity index (χ4v) is 2.46. The highest BCUT2D eigenvalue weighted by atomic mass is 35.5. The molecule has 0 bridgehead atoms. The van der Waals surface area contributed by atoms with Gasteiger partial charge < -0.3 is 10.6 Å². The van der Waals surface area contributed by atoms with Gasteiger partial charge in [0.1, 0.15) is 0 Å². The van der Waals surface area contributed by atoms with Gasteiger partial charge in [-0.2, -0.15) is 5.10 Å². The molecule has 0 radical (unpaired) electrons. The standard InChI is InChI=1S/C14H17N5O.2ClH/c1-19-9-12(8-18-19)14(20)17-7-11-6-16-5-10-4-15-3-2-13(10)11;;/h5-6,8-9,15H,2-4,7H2,1H3,(H,17,20);2*1H. The van der Waals surface area contributed by atoms with Crippen molar-refractivity contribution < 1.29 is 4.79 Å². The lowest BCUT2D eigenvalue weighted by molar-refractivity contribution is 0.0950. The number of aromatic nitrogens is 3. The zero-order valence-electron chi connectivity index (χ0n) is 12.2. The smallest absolute Gasteiger partial charge is 0.254 e. The summed E-state index contributed by atoms with van der Waals surface area (Å²) in [6.07, 6.45) is 7.99. The largest absolute Gasteiger partial charge is 0.348 e. The minimum atomic E-state index is -0.107. The van der Waals surface area contributed by atoms with Crippen molar-refractivity contribution in [2.45, 2.75) is 19.5 Å². The molecular weight excluding hydrogens is 325 g/mol. The molecule has 0 saturated carbocycles. The van der Waals surface area contributed by atoms with Gasteiger partial charge in [-0.25, -0.2) is 0 Å². The predicted molar refractivity (Wildman–Crippen MR) is 88.5 cm³/mol. The van der Waals surface area contributed by atoms with Crippen LogP contribution >= 0.6 is 24.8 Å². The first kappa shape index (κ1) is 18.4. The van der Waals surface area contributed by atoms with Gasteiger partial charge >= 0.3 is 0 Å². The summed E-state index contributed by atoms with van der Waals surface area (Å²) in [5.74, 6) is -0.107. The number of nitrogens with one attached hydrogen (secondary N) is 2. The Labute approximate surface area is 141 Å². The molecule has 3 rings (SSSR count).